The second kappa shape index (κ2) is 7.88. The Bertz CT molecular complexity index is 776. The normalized spacial score (nSPS) is 26.8. The van der Waals surface area contributed by atoms with Gasteiger partial charge < -0.3 is 10.1 Å². The molecule has 0 radical (unpaired) electrons. The summed E-state index contributed by atoms with van der Waals surface area (Å²) in [6.45, 7) is 1.76. The fraction of sp³-hybridized carbons (Fsp3) is 0.611. The summed E-state index contributed by atoms with van der Waals surface area (Å²) in [7, 11) is -3.44. The summed E-state index contributed by atoms with van der Waals surface area (Å²) in [6, 6.07) is 8.21. The quantitative estimate of drug-likeness (QED) is 0.846. The minimum atomic E-state index is -3.44. The molecule has 3 aliphatic rings. The van der Waals surface area contributed by atoms with E-state index in [9.17, 15) is 8.42 Å². The van der Waals surface area contributed by atoms with Crippen LogP contribution in [-0.2, 0) is 20.5 Å². The summed E-state index contributed by atoms with van der Waals surface area (Å²) in [5, 5.41) is 4.54. The van der Waals surface area contributed by atoms with Gasteiger partial charge in [-0.3, -0.25) is 4.99 Å². The van der Waals surface area contributed by atoms with Crippen molar-refractivity contribution in [2.45, 2.75) is 48.4 Å². The molecule has 1 saturated heterocycles. The van der Waals surface area contributed by atoms with Gasteiger partial charge in [-0.25, -0.2) is 8.42 Å². The zero-order chi connectivity index (χ0) is 18.0. The van der Waals surface area contributed by atoms with E-state index in [1.807, 2.05) is 12.1 Å². The van der Waals surface area contributed by atoms with Crippen LogP contribution in [0, 0.1) is 0 Å². The van der Waals surface area contributed by atoms with Crippen molar-refractivity contribution in [2.24, 2.45) is 4.99 Å². The molecular weight excluding hydrogens is 370 g/mol. The number of hydrogen-bond acceptors (Lipinski definition) is 6. The third-order valence-corrected chi connectivity index (χ3v) is 8.07. The van der Waals surface area contributed by atoms with E-state index >= 15 is 0 Å². The molecule has 2 heterocycles. The Labute approximate surface area is 159 Å². The molecule has 0 unspecified atom stereocenters. The number of nitrogens with one attached hydrogen (secondary N) is 1. The second-order valence-corrected chi connectivity index (χ2v) is 9.89. The molecule has 0 spiro atoms. The zero-order valence-corrected chi connectivity index (χ0v) is 16.4. The van der Waals surface area contributed by atoms with E-state index in [4.69, 9.17) is 9.73 Å². The van der Waals surface area contributed by atoms with E-state index in [0.717, 1.165) is 16.5 Å². The molecule has 2 fully saturated rings. The van der Waals surface area contributed by atoms with Crippen LogP contribution in [0.4, 0.5) is 0 Å². The van der Waals surface area contributed by atoms with Crippen LogP contribution < -0.4 is 5.32 Å². The lowest BCUT2D eigenvalue weighted by molar-refractivity contribution is 0.0730. The fourth-order valence-electron chi connectivity index (χ4n) is 3.74. The number of benzene rings is 1. The lowest BCUT2D eigenvalue weighted by atomic mass is 9.92. The van der Waals surface area contributed by atoms with Gasteiger partial charge in [-0.1, -0.05) is 36.7 Å². The van der Waals surface area contributed by atoms with E-state index in [2.05, 4.69) is 5.32 Å². The molecule has 0 amide bonds. The highest BCUT2D eigenvalue weighted by Crippen LogP contribution is 2.28. The van der Waals surface area contributed by atoms with E-state index in [1.54, 1.807) is 23.9 Å². The summed E-state index contributed by atoms with van der Waals surface area (Å²) in [5.74, 6) is 0.720. The Balaban J connectivity index is 1.41. The van der Waals surface area contributed by atoms with Gasteiger partial charge in [-0.05, 0) is 30.5 Å². The highest BCUT2D eigenvalue weighted by molar-refractivity contribution is 8.13. The monoisotopic (exact) mass is 395 g/mol. The lowest BCUT2D eigenvalue weighted by Gasteiger charge is -2.26. The van der Waals surface area contributed by atoms with Gasteiger partial charge in [-0.2, -0.15) is 4.31 Å². The smallest absolute Gasteiger partial charge is 0.243 e. The summed E-state index contributed by atoms with van der Waals surface area (Å²) in [5.41, 5.74) is 1.00. The minimum Gasteiger partial charge on any atom is -0.379 e. The van der Waals surface area contributed by atoms with Crippen LogP contribution in [-0.4, -0.2) is 56.3 Å². The second-order valence-electron chi connectivity index (χ2n) is 6.99. The van der Waals surface area contributed by atoms with Gasteiger partial charge in [0.1, 0.15) is 0 Å². The van der Waals surface area contributed by atoms with Crippen LogP contribution in [0.2, 0.25) is 0 Å². The number of ether oxygens (including phenoxy) is 1. The number of nitrogens with zero attached hydrogens (tertiary/aromatic N) is 2. The standard InChI is InChI=1S/C18H25N3O3S2/c22-26(23,21-8-10-24-11-9-21)15-5-3-4-14(12-15)13-25-18-19-16-6-1-2-7-17(16)20-18/h3-5,12,16-17H,1-2,6-11,13H2,(H,19,20)/t16-,17-/m1/s1. The van der Waals surface area contributed by atoms with Gasteiger partial charge >= 0.3 is 0 Å². The van der Waals surface area contributed by atoms with Crippen molar-refractivity contribution in [3.8, 4) is 0 Å². The topological polar surface area (TPSA) is 71.0 Å². The van der Waals surface area contributed by atoms with Crippen LogP contribution in [0.25, 0.3) is 0 Å². The van der Waals surface area contributed by atoms with Crippen molar-refractivity contribution in [1.82, 2.24) is 9.62 Å². The van der Waals surface area contributed by atoms with Crippen molar-refractivity contribution in [1.29, 1.82) is 0 Å². The van der Waals surface area contributed by atoms with Gasteiger partial charge in [-0.15, -0.1) is 0 Å². The van der Waals surface area contributed by atoms with Crippen molar-refractivity contribution in [3.63, 3.8) is 0 Å². The zero-order valence-electron chi connectivity index (χ0n) is 14.8. The number of hydrogen-bond donors (Lipinski definition) is 1. The van der Waals surface area contributed by atoms with Crippen molar-refractivity contribution in [2.75, 3.05) is 26.3 Å². The van der Waals surface area contributed by atoms with Gasteiger partial charge in [0.25, 0.3) is 0 Å². The van der Waals surface area contributed by atoms with E-state index < -0.39 is 10.0 Å². The highest BCUT2D eigenvalue weighted by atomic mass is 32.2. The molecule has 26 heavy (non-hydrogen) atoms. The fourth-order valence-corrected chi connectivity index (χ4v) is 6.15. The van der Waals surface area contributed by atoms with Crippen LogP contribution in [0.5, 0.6) is 0 Å². The van der Waals surface area contributed by atoms with Crippen LogP contribution >= 0.6 is 11.8 Å². The maximum Gasteiger partial charge on any atom is 0.243 e. The first-order chi connectivity index (χ1) is 12.6. The first kappa shape index (κ1) is 18.3. The molecule has 1 aliphatic carbocycles. The number of rotatable bonds is 4. The van der Waals surface area contributed by atoms with Crippen LogP contribution in [0.3, 0.4) is 0 Å². The lowest BCUT2D eigenvalue weighted by Crippen LogP contribution is -2.40. The molecule has 0 bridgehead atoms. The average molecular weight is 396 g/mol. The van der Waals surface area contributed by atoms with Crippen LogP contribution in [0.1, 0.15) is 31.2 Å². The van der Waals surface area contributed by atoms with E-state index in [1.165, 1.54) is 30.0 Å². The molecule has 0 aromatic heterocycles. The van der Waals surface area contributed by atoms with Gasteiger partial charge in [0.05, 0.1) is 30.2 Å². The van der Waals surface area contributed by atoms with Gasteiger partial charge in [0.15, 0.2) is 5.17 Å². The molecule has 2 atom stereocenters. The predicted octanol–water partition coefficient (Wildman–Crippen LogP) is 2.21. The number of amidine groups is 1. The molecule has 1 N–H and O–H groups in total. The molecular formula is C18H25N3O3S2. The minimum absolute atomic E-state index is 0.368. The molecule has 4 rings (SSSR count). The third-order valence-electron chi connectivity index (χ3n) is 5.20. The Kier molecular flexibility index (Phi) is 5.54. The van der Waals surface area contributed by atoms with Crippen molar-refractivity contribution >= 4 is 27.0 Å². The molecule has 1 aromatic carbocycles. The maximum absolute atomic E-state index is 12.8. The predicted molar refractivity (Wildman–Crippen MR) is 104 cm³/mol. The van der Waals surface area contributed by atoms with Crippen molar-refractivity contribution < 1.29 is 13.2 Å². The van der Waals surface area contributed by atoms with E-state index in [-0.39, 0.29) is 0 Å². The molecule has 1 saturated carbocycles. The summed E-state index contributed by atoms with van der Waals surface area (Å²) < 4.78 is 32.4. The Morgan fingerprint density at radius 1 is 1.23 bits per heavy atom. The Morgan fingerprint density at radius 2 is 2.04 bits per heavy atom. The summed E-state index contributed by atoms with van der Waals surface area (Å²) in [6.07, 6.45) is 4.93. The average Bonchev–Trinajstić information content (AvgIpc) is 3.10. The molecule has 1 aromatic rings. The Hall–Kier alpha value is -1.09. The maximum atomic E-state index is 12.8. The first-order valence-electron chi connectivity index (χ1n) is 9.27. The van der Waals surface area contributed by atoms with Gasteiger partial charge in [0.2, 0.25) is 10.0 Å². The number of fused-ring (bicyclic) bond motifs is 1. The number of sulfonamides is 1. The van der Waals surface area contributed by atoms with Crippen LogP contribution in [0.15, 0.2) is 34.2 Å². The summed E-state index contributed by atoms with van der Waals surface area (Å²) in [4.78, 5) is 5.17. The molecule has 6 nitrogen and oxygen atoms in total. The number of thioether (sulfide) groups is 1. The molecule has 2 aliphatic heterocycles. The molecule has 8 heteroatoms. The number of morpholine rings is 1. The summed E-state index contributed by atoms with van der Waals surface area (Å²) >= 11 is 1.67. The molecule has 142 valence electrons. The SMILES string of the molecule is O=S(=O)(c1cccc(CSC2=N[C@@H]3CCCC[C@H]3N2)c1)N1CCOCC1. The highest BCUT2D eigenvalue weighted by Gasteiger charge is 2.31. The van der Waals surface area contributed by atoms with Crippen molar-refractivity contribution in [3.05, 3.63) is 29.8 Å². The third kappa shape index (κ3) is 3.93. The first-order valence-corrected chi connectivity index (χ1v) is 11.7. The Morgan fingerprint density at radius 3 is 2.85 bits per heavy atom. The number of aliphatic imine (C=N–C) groups is 1. The van der Waals surface area contributed by atoms with E-state index in [0.29, 0.717) is 43.3 Å². The van der Waals surface area contributed by atoms with Gasteiger partial charge in [0, 0.05) is 18.8 Å². The largest absolute Gasteiger partial charge is 0.379 e.